The lowest BCUT2D eigenvalue weighted by Crippen LogP contribution is -2.25. The Morgan fingerprint density at radius 2 is 2.36 bits per heavy atom. The van der Waals surface area contributed by atoms with Gasteiger partial charge in [0.1, 0.15) is 0 Å². The van der Waals surface area contributed by atoms with Crippen LogP contribution in [0.2, 0.25) is 0 Å². The molecular weight excluding hydrogens is 192 g/mol. The molecule has 0 saturated heterocycles. The molecule has 0 aliphatic heterocycles. The summed E-state index contributed by atoms with van der Waals surface area (Å²) in [5, 5.41) is 3.95. The first-order valence-electron chi connectivity index (χ1n) is 5.18. The van der Waals surface area contributed by atoms with Crippen LogP contribution >= 0.6 is 11.3 Å². The maximum Gasteiger partial charge on any atom is 0.167 e. The van der Waals surface area contributed by atoms with Gasteiger partial charge in [0.2, 0.25) is 0 Å². The van der Waals surface area contributed by atoms with Crippen LogP contribution in [0.1, 0.15) is 43.5 Å². The molecule has 0 N–H and O–H groups in total. The number of thiophene rings is 1. The quantitative estimate of drug-likeness (QED) is 0.676. The molecule has 1 aliphatic carbocycles. The minimum Gasteiger partial charge on any atom is -0.294 e. The van der Waals surface area contributed by atoms with Crippen LogP contribution in [0.3, 0.4) is 0 Å². The summed E-state index contributed by atoms with van der Waals surface area (Å²) < 4.78 is 0. The third kappa shape index (κ3) is 1.63. The van der Waals surface area contributed by atoms with Crippen molar-refractivity contribution in [3.63, 3.8) is 0 Å². The second-order valence-electron chi connectivity index (χ2n) is 4.81. The average Bonchev–Trinajstić information content (AvgIpc) is 2.71. The van der Waals surface area contributed by atoms with Crippen LogP contribution in [-0.4, -0.2) is 5.78 Å². The van der Waals surface area contributed by atoms with E-state index in [4.69, 9.17) is 0 Å². The van der Waals surface area contributed by atoms with Crippen molar-refractivity contribution in [1.82, 2.24) is 0 Å². The molecule has 1 atom stereocenters. The topological polar surface area (TPSA) is 17.1 Å². The molecule has 1 aromatic heterocycles. The smallest absolute Gasteiger partial charge is 0.167 e. The van der Waals surface area contributed by atoms with Gasteiger partial charge in [0.05, 0.1) is 0 Å². The predicted octanol–water partition coefficient (Wildman–Crippen LogP) is 3.76. The van der Waals surface area contributed by atoms with Crippen LogP contribution in [0.25, 0.3) is 0 Å². The Morgan fingerprint density at radius 1 is 1.57 bits per heavy atom. The van der Waals surface area contributed by atoms with Gasteiger partial charge in [-0.1, -0.05) is 20.3 Å². The van der Waals surface area contributed by atoms with Gasteiger partial charge in [-0.05, 0) is 29.7 Å². The Hall–Kier alpha value is -0.630. The molecule has 0 bridgehead atoms. The summed E-state index contributed by atoms with van der Waals surface area (Å²) in [4.78, 5) is 12.1. The van der Waals surface area contributed by atoms with E-state index in [1.165, 1.54) is 12.8 Å². The van der Waals surface area contributed by atoms with E-state index in [0.717, 1.165) is 12.0 Å². The van der Waals surface area contributed by atoms with E-state index in [9.17, 15) is 4.79 Å². The summed E-state index contributed by atoms with van der Waals surface area (Å²) in [5.74, 6) is 0.603. The first-order chi connectivity index (χ1) is 6.61. The predicted molar refractivity (Wildman–Crippen MR) is 59.8 cm³/mol. The fraction of sp³-hybridized carbons (Fsp3) is 0.583. The maximum atomic E-state index is 12.1. The molecule has 76 valence electrons. The molecule has 2 heteroatoms. The molecule has 1 fully saturated rings. The Bertz CT molecular complexity index is 324. The Kier molecular flexibility index (Phi) is 2.48. The number of hydrogen-bond donors (Lipinski definition) is 0. The molecule has 0 aromatic carbocycles. The Morgan fingerprint density at radius 3 is 2.86 bits per heavy atom. The van der Waals surface area contributed by atoms with Crippen molar-refractivity contribution >= 4 is 17.1 Å². The lowest BCUT2D eigenvalue weighted by molar-refractivity contribution is 0.0839. The summed E-state index contributed by atoms with van der Waals surface area (Å²) in [6, 6.07) is 1.95. The van der Waals surface area contributed by atoms with Crippen LogP contribution in [0, 0.1) is 11.3 Å². The largest absolute Gasteiger partial charge is 0.294 e. The molecule has 1 saturated carbocycles. The molecule has 1 heterocycles. The van der Waals surface area contributed by atoms with E-state index in [-0.39, 0.29) is 11.3 Å². The van der Waals surface area contributed by atoms with Crippen molar-refractivity contribution in [2.45, 2.75) is 33.1 Å². The van der Waals surface area contributed by atoms with Gasteiger partial charge in [0.15, 0.2) is 5.78 Å². The third-order valence-corrected chi connectivity index (χ3v) is 4.06. The molecule has 1 aromatic rings. The fourth-order valence-electron chi connectivity index (χ4n) is 2.42. The summed E-state index contributed by atoms with van der Waals surface area (Å²) in [7, 11) is 0. The Balaban J connectivity index is 2.20. The van der Waals surface area contributed by atoms with Crippen molar-refractivity contribution in [3.05, 3.63) is 22.4 Å². The van der Waals surface area contributed by atoms with Gasteiger partial charge < -0.3 is 0 Å². The van der Waals surface area contributed by atoms with Crippen molar-refractivity contribution in [2.75, 3.05) is 0 Å². The van der Waals surface area contributed by atoms with E-state index < -0.39 is 0 Å². The SMILES string of the molecule is CC1(C)CCCC1C(=O)c1ccsc1. The monoisotopic (exact) mass is 208 g/mol. The fourth-order valence-corrected chi connectivity index (χ4v) is 3.06. The van der Waals surface area contributed by atoms with Gasteiger partial charge in [0, 0.05) is 16.9 Å². The zero-order valence-corrected chi connectivity index (χ0v) is 9.56. The van der Waals surface area contributed by atoms with Gasteiger partial charge in [-0.2, -0.15) is 11.3 Å². The molecule has 2 rings (SSSR count). The first-order valence-corrected chi connectivity index (χ1v) is 6.12. The van der Waals surface area contributed by atoms with Crippen molar-refractivity contribution in [3.8, 4) is 0 Å². The van der Waals surface area contributed by atoms with Gasteiger partial charge in [-0.15, -0.1) is 0 Å². The minimum absolute atomic E-state index is 0.207. The number of Topliss-reactive ketones (excluding diaryl/α,β-unsaturated/α-hetero) is 1. The number of ketones is 1. The van der Waals surface area contributed by atoms with Crippen LogP contribution in [0.5, 0.6) is 0 Å². The second-order valence-corrected chi connectivity index (χ2v) is 5.59. The molecule has 0 amide bonds. The summed E-state index contributed by atoms with van der Waals surface area (Å²) in [6.45, 7) is 4.43. The standard InChI is InChI=1S/C12H16OS/c1-12(2)6-3-4-10(12)11(13)9-5-7-14-8-9/h5,7-8,10H,3-4,6H2,1-2H3. The molecule has 1 unspecified atom stereocenters. The highest BCUT2D eigenvalue weighted by atomic mass is 32.1. The highest BCUT2D eigenvalue weighted by Gasteiger charge is 2.39. The number of rotatable bonds is 2. The molecule has 1 aliphatic rings. The lowest BCUT2D eigenvalue weighted by atomic mass is 9.78. The van der Waals surface area contributed by atoms with Crippen molar-refractivity contribution < 1.29 is 4.79 Å². The van der Waals surface area contributed by atoms with E-state index in [2.05, 4.69) is 13.8 Å². The normalized spacial score (nSPS) is 25.1. The Labute approximate surface area is 89.1 Å². The van der Waals surface area contributed by atoms with Crippen molar-refractivity contribution in [2.24, 2.45) is 11.3 Å². The third-order valence-electron chi connectivity index (χ3n) is 3.38. The summed E-state index contributed by atoms with van der Waals surface area (Å²) >= 11 is 1.61. The van der Waals surface area contributed by atoms with E-state index >= 15 is 0 Å². The highest BCUT2D eigenvalue weighted by Crippen LogP contribution is 2.44. The van der Waals surface area contributed by atoms with E-state index in [1.54, 1.807) is 11.3 Å². The molecule has 0 spiro atoms. The van der Waals surface area contributed by atoms with E-state index in [1.807, 2.05) is 16.8 Å². The zero-order chi connectivity index (χ0) is 10.2. The molecule has 0 radical (unpaired) electrons. The zero-order valence-electron chi connectivity index (χ0n) is 8.75. The van der Waals surface area contributed by atoms with Crippen LogP contribution in [0.15, 0.2) is 16.8 Å². The van der Waals surface area contributed by atoms with Crippen LogP contribution < -0.4 is 0 Å². The summed E-state index contributed by atoms with van der Waals surface area (Å²) in [6.07, 6.45) is 3.46. The second kappa shape index (κ2) is 3.50. The summed E-state index contributed by atoms with van der Waals surface area (Å²) in [5.41, 5.74) is 1.12. The molecule has 14 heavy (non-hydrogen) atoms. The first kappa shape index (κ1) is 9.91. The van der Waals surface area contributed by atoms with Gasteiger partial charge in [-0.25, -0.2) is 0 Å². The lowest BCUT2D eigenvalue weighted by Gasteiger charge is -2.25. The molecular formula is C12H16OS. The number of carbonyl (C=O) groups is 1. The minimum atomic E-state index is 0.207. The van der Waals surface area contributed by atoms with Crippen LogP contribution in [0.4, 0.5) is 0 Å². The van der Waals surface area contributed by atoms with Gasteiger partial charge in [-0.3, -0.25) is 4.79 Å². The maximum absolute atomic E-state index is 12.1. The van der Waals surface area contributed by atoms with Crippen LogP contribution in [-0.2, 0) is 0 Å². The van der Waals surface area contributed by atoms with Crippen molar-refractivity contribution in [1.29, 1.82) is 0 Å². The molecule has 1 nitrogen and oxygen atoms in total. The average molecular weight is 208 g/mol. The highest BCUT2D eigenvalue weighted by molar-refractivity contribution is 7.08. The van der Waals surface area contributed by atoms with Gasteiger partial charge in [0.25, 0.3) is 0 Å². The van der Waals surface area contributed by atoms with E-state index in [0.29, 0.717) is 5.78 Å². The number of hydrogen-bond acceptors (Lipinski definition) is 2. The number of carbonyl (C=O) groups excluding carboxylic acids is 1. The van der Waals surface area contributed by atoms with Gasteiger partial charge >= 0.3 is 0 Å².